The first-order valence-corrected chi connectivity index (χ1v) is 4.46. The summed E-state index contributed by atoms with van der Waals surface area (Å²) in [6.07, 6.45) is 1.62. The second-order valence-electron chi connectivity index (χ2n) is 2.41. The van der Waals surface area contributed by atoms with E-state index >= 15 is 0 Å². The molecule has 0 aromatic heterocycles. The van der Waals surface area contributed by atoms with Crippen molar-refractivity contribution in [3.05, 3.63) is 11.5 Å². The third-order valence-corrected chi connectivity index (χ3v) is 2.01. The molecule has 1 unspecified atom stereocenters. The van der Waals surface area contributed by atoms with Crippen LogP contribution in [0.3, 0.4) is 0 Å². The summed E-state index contributed by atoms with van der Waals surface area (Å²) in [4.78, 5) is 8.11. The summed E-state index contributed by atoms with van der Waals surface area (Å²) in [5, 5.41) is 0. The molecule has 0 aliphatic carbocycles. The molecule has 3 heteroatoms. The summed E-state index contributed by atoms with van der Waals surface area (Å²) in [7, 11) is 0.689. The maximum Gasteiger partial charge on any atom is 0.115 e. The highest BCUT2D eigenvalue weighted by Gasteiger charge is 1.99. The summed E-state index contributed by atoms with van der Waals surface area (Å²) in [6, 6.07) is 0. The van der Waals surface area contributed by atoms with E-state index in [0.717, 1.165) is 5.70 Å². The van der Waals surface area contributed by atoms with E-state index in [2.05, 4.69) is 29.6 Å². The third kappa shape index (κ3) is 2.03. The molecule has 54 valence electrons. The quantitative estimate of drug-likeness (QED) is 0.517. The summed E-state index contributed by atoms with van der Waals surface area (Å²) in [6.45, 7) is 4.28. The zero-order valence-corrected chi connectivity index (χ0v) is 7.20. The molecule has 0 radical (unpaired) electrons. The lowest BCUT2D eigenvalue weighted by molar-refractivity contribution is 0.761. The monoisotopic (exact) mass is 154 g/mol. The summed E-state index contributed by atoms with van der Waals surface area (Å²) >= 11 is 0. The molecule has 0 spiro atoms. The van der Waals surface area contributed by atoms with Crippen molar-refractivity contribution in [2.75, 3.05) is 0 Å². The molecule has 10 heavy (non-hydrogen) atoms. The number of rotatable bonds is 1. The van der Waals surface area contributed by atoms with Crippen LogP contribution in [0.2, 0.25) is 0 Å². The van der Waals surface area contributed by atoms with Crippen LogP contribution in [-0.4, -0.2) is 12.3 Å². The van der Waals surface area contributed by atoms with Gasteiger partial charge in [0.05, 0.1) is 0 Å². The van der Waals surface area contributed by atoms with Crippen LogP contribution in [0.4, 0.5) is 0 Å². The van der Waals surface area contributed by atoms with Gasteiger partial charge in [0.15, 0.2) is 0 Å². The minimum atomic E-state index is 0.519. The van der Waals surface area contributed by atoms with E-state index < -0.39 is 0 Å². The van der Waals surface area contributed by atoms with Crippen molar-refractivity contribution in [2.24, 2.45) is 15.9 Å². The molecule has 2 nitrogen and oxygen atoms in total. The molecule has 0 fully saturated rings. The molecule has 0 aromatic rings. The smallest absolute Gasteiger partial charge is 0.115 e. The van der Waals surface area contributed by atoms with E-state index in [1.54, 1.807) is 6.34 Å². The number of allylic oxidation sites excluding steroid dienone is 1. The van der Waals surface area contributed by atoms with Gasteiger partial charge in [-0.05, 0) is 11.7 Å². The summed E-state index contributed by atoms with van der Waals surface area (Å²) in [5.41, 5.74) is 1.15. The van der Waals surface area contributed by atoms with E-state index in [1.807, 2.05) is 5.96 Å². The van der Waals surface area contributed by atoms with Gasteiger partial charge in [-0.25, -0.2) is 9.98 Å². The van der Waals surface area contributed by atoms with Crippen LogP contribution in [-0.2, 0) is 0 Å². The molecule has 1 aliphatic rings. The fourth-order valence-electron chi connectivity index (χ4n) is 0.652. The van der Waals surface area contributed by atoms with Gasteiger partial charge in [-0.3, -0.25) is 0 Å². The van der Waals surface area contributed by atoms with Crippen LogP contribution < -0.4 is 0 Å². The minimum absolute atomic E-state index is 0.519. The Balaban J connectivity index is 2.69. The van der Waals surface area contributed by atoms with Crippen molar-refractivity contribution in [3.63, 3.8) is 0 Å². The largest absolute Gasteiger partial charge is 0.244 e. The van der Waals surface area contributed by atoms with E-state index in [4.69, 9.17) is 0 Å². The van der Waals surface area contributed by atoms with Gasteiger partial charge in [-0.1, -0.05) is 22.4 Å². The van der Waals surface area contributed by atoms with E-state index in [9.17, 15) is 0 Å². The highest BCUT2D eigenvalue weighted by Crippen LogP contribution is 2.20. The van der Waals surface area contributed by atoms with Gasteiger partial charge in [0.1, 0.15) is 6.34 Å². The normalized spacial score (nSPS) is 19.7. The van der Waals surface area contributed by atoms with E-state index in [0.29, 0.717) is 14.5 Å². The zero-order valence-electron chi connectivity index (χ0n) is 6.20. The molecule has 0 saturated carbocycles. The van der Waals surface area contributed by atoms with Crippen molar-refractivity contribution in [2.45, 2.75) is 13.8 Å². The lowest BCUT2D eigenvalue weighted by atomic mass is 10.2. The first-order chi connectivity index (χ1) is 4.80. The lowest BCUT2D eigenvalue weighted by Crippen LogP contribution is -1.88. The average molecular weight is 154 g/mol. The van der Waals surface area contributed by atoms with Gasteiger partial charge in [-0.15, -0.1) is 0 Å². The molecule has 1 atom stereocenters. The molecule has 1 heterocycles. The molecule has 1 aliphatic heterocycles. The highest BCUT2D eigenvalue weighted by atomic mass is 31.1. The Morgan fingerprint density at radius 2 is 2.30 bits per heavy atom. The molecule has 0 N–H and O–H groups in total. The lowest BCUT2D eigenvalue weighted by Gasteiger charge is -2.01. The van der Waals surface area contributed by atoms with Gasteiger partial charge in [0.25, 0.3) is 0 Å². The number of hydrogen-bond acceptors (Lipinski definition) is 2. The fraction of sp³-hybridized carbons (Fsp3) is 0.429. The number of nitrogens with zero attached hydrogens (tertiary/aromatic N) is 2. The highest BCUT2D eigenvalue weighted by molar-refractivity contribution is 7.58. The Bertz CT molecular complexity index is 192. The first-order valence-electron chi connectivity index (χ1n) is 3.31. The van der Waals surface area contributed by atoms with Crippen molar-refractivity contribution >= 4 is 20.9 Å². The summed E-state index contributed by atoms with van der Waals surface area (Å²) < 4.78 is 0. The molecule has 1 rings (SSSR count). The molecule has 0 bridgehead atoms. The van der Waals surface area contributed by atoms with Crippen LogP contribution in [0.1, 0.15) is 13.8 Å². The van der Waals surface area contributed by atoms with Gasteiger partial charge >= 0.3 is 0 Å². The van der Waals surface area contributed by atoms with E-state index in [-0.39, 0.29) is 0 Å². The molecule has 0 aromatic carbocycles. The van der Waals surface area contributed by atoms with Gasteiger partial charge in [0, 0.05) is 11.7 Å². The van der Waals surface area contributed by atoms with Gasteiger partial charge in [-0.2, -0.15) is 0 Å². The Morgan fingerprint density at radius 3 is 3.00 bits per heavy atom. The Morgan fingerprint density at radius 1 is 1.50 bits per heavy atom. The van der Waals surface area contributed by atoms with Crippen molar-refractivity contribution in [1.29, 1.82) is 0 Å². The van der Waals surface area contributed by atoms with Crippen LogP contribution >= 0.6 is 8.58 Å². The van der Waals surface area contributed by atoms with Crippen molar-refractivity contribution < 1.29 is 0 Å². The average Bonchev–Trinajstić information content (AvgIpc) is 2.12. The maximum atomic E-state index is 4.17. The molecule has 0 saturated heterocycles. The maximum absolute atomic E-state index is 4.17. The number of aliphatic imine (C=N–C) groups is 2. The van der Waals surface area contributed by atoms with E-state index in [1.165, 1.54) is 0 Å². The Labute approximate surface area is 62.9 Å². The van der Waals surface area contributed by atoms with Crippen LogP contribution in [0, 0.1) is 5.92 Å². The minimum Gasteiger partial charge on any atom is -0.244 e. The topological polar surface area (TPSA) is 24.7 Å². The second-order valence-corrected chi connectivity index (χ2v) is 3.29. The SMILES string of the molecule is CC(C)C1=CPC=NC=N1. The Kier molecular flexibility index (Phi) is 2.76. The number of hydrogen-bond donors (Lipinski definition) is 0. The molecular formula is C7H11N2P. The molecule has 0 amide bonds. The first kappa shape index (κ1) is 7.62. The van der Waals surface area contributed by atoms with Crippen molar-refractivity contribution in [1.82, 2.24) is 0 Å². The van der Waals surface area contributed by atoms with Crippen LogP contribution in [0.25, 0.3) is 0 Å². The molecular weight excluding hydrogens is 143 g/mol. The predicted molar refractivity (Wildman–Crippen MR) is 48.2 cm³/mol. The van der Waals surface area contributed by atoms with Gasteiger partial charge < -0.3 is 0 Å². The standard InChI is InChI=1S/C7H11N2P/c1-6(2)7-3-10-5-8-4-9-7/h3-6,10H,1-2H3. The van der Waals surface area contributed by atoms with Crippen LogP contribution in [0.15, 0.2) is 21.5 Å². The van der Waals surface area contributed by atoms with Crippen LogP contribution in [0.5, 0.6) is 0 Å². The Hall–Kier alpha value is -0.490. The van der Waals surface area contributed by atoms with Crippen molar-refractivity contribution in [3.8, 4) is 0 Å². The third-order valence-electron chi connectivity index (χ3n) is 1.25. The zero-order chi connectivity index (χ0) is 7.40. The second kappa shape index (κ2) is 3.62. The van der Waals surface area contributed by atoms with Gasteiger partial charge in [0.2, 0.25) is 0 Å². The summed E-state index contributed by atoms with van der Waals surface area (Å²) in [5.74, 6) is 4.54. The predicted octanol–water partition coefficient (Wildman–Crippen LogP) is 2.23. The fourth-order valence-corrected chi connectivity index (χ4v) is 1.46.